The third-order valence-corrected chi connectivity index (χ3v) is 15.9. The van der Waals surface area contributed by atoms with Gasteiger partial charge in [0.1, 0.15) is 13.2 Å². The largest absolute Gasteiger partial charge is 0.472 e. The number of phosphoric acid groups is 1. The zero-order valence-corrected chi connectivity index (χ0v) is 50.5. The van der Waals surface area contributed by atoms with E-state index in [-0.39, 0.29) is 19.1 Å². The Kier molecular flexibility index (Phi) is 54.9. The lowest BCUT2D eigenvalue weighted by Crippen LogP contribution is -2.46. The number of allylic oxidation sites excluding steroid dienone is 4. The van der Waals surface area contributed by atoms with Crippen LogP contribution in [0.4, 0.5) is 0 Å². The molecule has 1 amide bonds. The van der Waals surface area contributed by atoms with Gasteiger partial charge in [-0.05, 0) is 44.9 Å². The number of nitrogens with one attached hydrogen (secondary N) is 1. The van der Waals surface area contributed by atoms with Gasteiger partial charge in [-0.1, -0.05) is 301 Å². The van der Waals surface area contributed by atoms with Crippen molar-refractivity contribution >= 4 is 13.7 Å². The van der Waals surface area contributed by atoms with E-state index >= 15 is 0 Å². The van der Waals surface area contributed by atoms with Crippen LogP contribution in [0.2, 0.25) is 0 Å². The third kappa shape index (κ3) is 58.5. The van der Waals surface area contributed by atoms with Crippen LogP contribution in [-0.4, -0.2) is 73.4 Å². The molecule has 0 aliphatic rings. The lowest BCUT2D eigenvalue weighted by molar-refractivity contribution is -0.870. The SMILES string of the molecule is CCCCCCCCCCCCC/C=C\C/C=C\CCCCCCCCCCCCCCCCCCCC(=O)NC(COP(=O)(O)OCC[N+](C)(C)C)C(O)CCCCCCCCCCCCCCCCCC. The zero-order chi connectivity index (χ0) is 53.5. The minimum Gasteiger partial charge on any atom is -0.391 e. The molecular formula is C64H128N2O6P+. The summed E-state index contributed by atoms with van der Waals surface area (Å²) < 4.78 is 23.8. The highest BCUT2D eigenvalue weighted by molar-refractivity contribution is 7.47. The minimum absolute atomic E-state index is 0.0769. The van der Waals surface area contributed by atoms with Crippen LogP contribution in [0.15, 0.2) is 24.3 Å². The standard InChI is InChI=1S/C64H127N2O6P/c1-6-8-10-12-14-16-18-20-22-24-25-26-27-28-29-30-31-32-33-34-35-36-37-38-39-40-41-42-44-46-48-50-52-54-56-58-64(68)65-62(61-72-73(69,70)71-60-59-66(3,4)5)63(67)57-55-53-51-49-47-45-43-23-21-19-17-15-13-11-9-7-2/h27-28,30-31,62-63,67H,6-26,29,32-61H2,1-5H3,(H-,65,68,69,70)/p+1/b28-27-,31-30-. The summed E-state index contributed by atoms with van der Waals surface area (Å²) in [6.07, 6.45) is 71.2. The van der Waals surface area contributed by atoms with Gasteiger partial charge in [0.15, 0.2) is 0 Å². The predicted molar refractivity (Wildman–Crippen MR) is 318 cm³/mol. The van der Waals surface area contributed by atoms with E-state index in [9.17, 15) is 19.4 Å². The zero-order valence-electron chi connectivity index (χ0n) is 49.7. The number of hydrogen-bond acceptors (Lipinski definition) is 5. The van der Waals surface area contributed by atoms with E-state index in [1.54, 1.807) is 0 Å². The van der Waals surface area contributed by atoms with Crippen molar-refractivity contribution in [1.82, 2.24) is 5.32 Å². The Balaban J connectivity index is 3.96. The molecule has 0 aliphatic carbocycles. The molecule has 8 nitrogen and oxygen atoms in total. The van der Waals surface area contributed by atoms with Gasteiger partial charge in [-0.15, -0.1) is 0 Å². The highest BCUT2D eigenvalue weighted by atomic mass is 31.2. The molecule has 3 N–H and O–H groups in total. The first kappa shape index (κ1) is 72.0. The molecule has 0 aromatic heterocycles. The number of phosphoric ester groups is 1. The number of aliphatic hydroxyl groups is 1. The molecule has 9 heteroatoms. The Morgan fingerprint density at radius 3 is 1.12 bits per heavy atom. The number of quaternary nitrogens is 1. The van der Waals surface area contributed by atoms with Crippen molar-refractivity contribution in [1.29, 1.82) is 0 Å². The van der Waals surface area contributed by atoms with Crippen LogP contribution in [0.1, 0.15) is 328 Å². The van der Waals surface area contributed by atoms with Crippen LogP contribution < -0.4 is 5.32 Å². The molecule has 0 bridgehead atoms. The molecule has 0 heterocycles. The van der Waals surface area contributed by atoms with Gasteiger partial charge in [0.2, 0.25) is 5.91 Å². The molecule has 0 saturated heterocycles. The normalized spacial score (nSPS) is 13.9. The molecule has 434 valence electrons. The molecule has 0 fully saturated rings. The number of nitrogens with zero attached hydrogens (tertiary/aromatic N) is 1. The first-order chi connectivity index (χ1) is 35.5. The molecule has 0 spiro atoms. The molecule has 0 rings (SSSR count). The topological polar surface area (TPSA) is 105 Å². The van der Waals surface area contributed by atoms with Crippen molar-refractivity contribution in [3.63, 3.8) is 0 Å². The average molecular weight is 1050 g/mol. The van der Waals surface area contributed by atoms with Gasteiger partial charge in [0, 0.05) is 6.42 Å². The number of rotatable bonds is 60. The van der Waals surface area contributed by atoms with Gasteiger partial charge >= 0.3 is 7.82 Å². The summed E-state index contributed by atoms with van der Waals surface area (Å²) in [6, 6.07) is -0.758. The van der Waals surface area contributed by atoms with E-state index in [4.69, 9.17) is 9.05 Å². The Labute approximate surface area is 455 Å². The van der Waals surface area contributed by atoms with E-state index < -0.39 is 20.0 Å². The number of hydrogen-bond donors (Lipinski definition) is 3. The molecule has 0 saturated carbocycles. The monoisotopic (exact) mass is 1050 g/mol. The fourth-order valence-corrected chi connectivity index (χ4v) is 10.6. The molecule has 3 unspecified atom stereocenters. The molecule has 0 aromatic rings. The van der Waals surface area contributed by atoms with Gasteiger partial charge < -0.3 is 19.8 Å². The van der Waals surface area contributed by atoms with Crippen molar-refractivity contribution in [3.05, 3.63) is 24.3 Å². The van der Waals surface area contributed by atoms with Crippen LogP contribution >= 0.6 is 7.82 Å². The highest BCUT2D eigenvalue weighted by Crippen LogP contribution is 2.43. The van der Waals surface area contributed by atoms with Crippen molar-refractivity contribution in [2.45, 2.75) is 341 Å². The van der Waals surface area contributed by atoms with Gasteiger partial charge in [0.05, 0.1) is 39.9 Å². The van der Waals surface area contributed by atoms with Gasteiger partial charge in [-0.25, -0.2) is 4.57 Å². The smallest absolute Gasteiger partial charge is 0.391 e. The summed E-state index contributed by atoms with van der Waals surface area (Å²) in [6.45, 7) is 4.93. The second-order valence-corrected chi connectivity index (χ2v) is 25.0. The summed E-state index contributed by atoms with van der Waals surface area (Å²) in [5.74, 6) is -0.139. The quantitative estimate of drug-likeness (QED) is 0.0243. The maximum Gasteiger partial charge on any atom is 0.472 e. The molecule has 0 aliphatic heterocycles. The van der Waals surface area contributed by atoms with Crippen LogP contribution in [0.3, 0.4) is 0 Å². The molecule has 3 atom stereocenters. The van der Waals surface area contributed by atoms with Crippen LogP contribution in [0.25, 0.3) is 0 Å². The third-order valence-electron chi connectivity index (χ3n) is 15.0. The van der Waals surface area contributed by atoms with Gasteiger partial charge in [0.25, 0.3) is 0 Å². The summed E-state index contributed by atoms with van der Waals surface area (Å²) in [4.78, 5) is 23.4. The number of likely N-dealkylation sites (N-methyl/N-ethyl adjacent to an activating group) is 1. The van der Waals surface area contributed by atoms with Gasteiger partial charge in [-0.3, -0.25) is 13.8 Å². The van der Waals surface area contributed by atoms with E-state index in [2.05, 4.69) is 43.5 Å². The average Bonchev–Trinajstić information content (AvgIpc) is 3.35. The van der Waals surface area contributed by atoms with Crippen LogP contribution in [0.5, 0.6) is 0 Å². The molecule has 73 heavy (non-hydrogen) atoms. The maximum atomic E-state index is 13.0. The Bertz CT molecular complexity index is 1240. The summed E-state index contributed by atoms with van der Waals surface area (Å²) >= 11 is 0. The Hall–Kier alpha value is -1.02. The van der Waals surface area contributed by atoms with Crippen molar-refractivity contribution in [2.24, 2.45) is 0 Å². The van der Waals surface area contributed by atoms with Gasteiger partial charge in [-0.2, -0.15) is 0 Å². The fraction of sp³-hybridized carbons (Fsp3) is 0.922. The number of amides is 1. The first-order valence-electron chi connectivity index (χ1n) is 32.2. The summed E-state index contributed by atoms with van der Waals surface area (Å²) in [7, 11) is 1.63. The van der Waals surface area contributed by atoms with E-state index in [0.29, 0.717) is 23.9 Å². The van der Waals surface area contributed by atoms with Crippen molar-refractivity contribution in [2.75, 3.05) is 40.9 Å². The van der Waals surface area contributed by atoms with Crippen LogP contribution in [-0.2, 0) is 18.4 Å². The number of aliphatic hydroxyl groups excluding tert-OH is 1. The summed E-state index contributed by atoms with van der Waals surface area (Å²) in [5.41, 5.74) is 0. The lowest BCUT2D eigenvalue weighted by Gasteiger charge is -2.26. The Morgan fingerprint density at radius 1 is 0.466 bits per heavy atom. The fourth-order valence-electron chi connectivity index (χ4n) is 9.90. The number of unbranched alkanes of at least 4 members (excludes halogenated alkanes) is 43. The van der Waals surface area contributed by atoms with Crippen molar-refractivity contribution < 1.29 is 32.9 Å². The van der Waals surface area contributed by atoms with Crippen molar-refractivity contribution in [3.8, 4) is 0 Å². The summed E-state index contributed by atoms with van der Waals surface area (Å²) in [5, 5.41) is 14.1. The maximum absolute atomic E-state index is 13.0. The first-order valence-corrected chi connectivity index (χ1v) is 33.7. The van der Waals surface area contributed by atoms with Crippen LogP contribution in [0, 0.1) is 0 Å². The molecule has 0 aromatic carbocycles. The molecular weight excluding hydrogens is 924 g/mol. The van der Waals surface area contributed by atoms with E-state index in [0.717, 1.165) is 44.9 Å². The molecule has 0 radical (unpaired) electrons. The Morgan fingerprint density at radius 2 is 0.781 bits per heavy atom. The number of carbonyl (C=O) groups is 1. The van der Waals surface area contributed by atoms with E-state index in [1.165, 1.54) is 257 Å². The van der Waals surface area contributed by atoms with E-state index in [1.807, 2.05) is 21.1 Å². The number of carbonyl (C=O) groups excluding carboxylic acids is 1. The second-order valence-electron chi connectivity index (χ2n) is 23.5. The highest BCUT2D eigenvalue weighted by Gasteiger charge is 2.28. The lowest BCUT2D eigenvalue weighted by atomic mass is 10.0. The minimum atomic E-state index is -4.32. The predicted octanol–water partition coefficient (Wildman–Crippen LogP) is 19.9. The second kappa shape index (κ2) is 55.7.